The maximum absolute atomic E-state index is 13.8. The lowest BCUT2D eigenvalue weighted by atomic mass is 10.0. The molecule has 0 saturated heterocycles. The molecule has 0 unspecified atom stereocenters. The van der Waals surface area contributed by atoms with Crippen molar-refractivity contribution in [2.24, 2.45) is 0 Å². The summed E-state index contributed by atoms with van der Waals surface area (Å²) in [7, 11) is 1.49. The number of carbonyl (C=O) groups excluding carboxylic acids is 1. The summed E-state index contributed by atoms with van der Waals surface area (Å²) in [5.41, 5.74) is 1.79. The van der Waals surface area contributed by atoms with Crippen LogP contribution in [-0.2, 0) is 0 Å². The Kier molecular flexibility index (Phi) is 3.19. The second-order valence-electron chi connectivity index (χ2n) is 3.59. The molecule has 0 aromatic heterocycles. The maximum atomic E-state index is 13.8. The van der Waals surface area contributed by atoms with Gasteiger partial charge in [-0.15, -0.1) is 0 Å². The molecule has 0 spiro atoms. The molecule has 0 bridgehead atoms. The van der Waals surface area contributed by atoms with E-state index in [2.05, 4.69) is 0 Å². The maximum Gasteiger partial charge on any atom is 0.150 e. The van der Waals surface area contributed by atoms with Gasteiger partial charge in [-0.3, -0.25) is 4.79 Å². The molecule has 2 rings (SSSR count). The molecule has 0 aliphatic carbocycles. The highest BCUT2D eigenvalue weighted by Crippen LogP contribution is 2.26. The molecule has 0 amide bonds. The van der Waals surface area contributed by atoms with E-state index in [-0.39, 0.29) is 5.82 Å². The molecule has 0 heterocycles. The topological polar surface area (TPSA) is 26.3 Å². The minimum absolute atomic E-state index is 0.344. The highest BCUT2D eigenvalue weighted by Gasteiger charge is 2.06. The number of methoxy groups -OCH3 is 1. The normalized spacial score (nSPS) is 10.0. The third-order valence-corrected chi connectivity index (χ3v) is 2.53. The van der Waals surface area contributed by atoms with E-state index in [1.54, 1.807) is 36.4 Å². The fraction of sp³-hybridized carbons (Fsp3) is 0.0714. The van der Waals surface area contributed by atoms with Gasteiger partial charge in [-0.25, -0.2) is 4.39 Å². The van der Waals surface area contributed by atoms with Gasteiger partial charge in [0.05, 0.1) is 7.11 Å². The fourth-order valence-electron chi connectivity index (χ4n) is 1.60. The average molecular weight is 230 g/mol. The molecule has 0 saturated carbocycles. The Balaban J connectivity index is 2.41. The van der Waals surface area contributed by atoms with Crippen LogP contribution >= 0.6 is 0 Å². The van der Waals surface area contributed by atoms with Crippen molar-refractivity contribution in [2.75, 3.05) is 7.11 Å². The first kappa shape index (κ1) is 11.3. The smallest absolute Gasteiger partial charge is 0.150 e. The van der Waals surface area contributed by atoms with Crippen molar-refractivity contribution in [1.82, 2.24) is 0 Å². The highest BCUT2D eigenvalue weighted by molar-refractivity contribution is 5.77. The lowest BCUT2D eigenvalue weighted by Gasteiger charge is -2.06. The Morgan fingerprint density at radius 3 is 2.35 bits per heavy atom. The van der Waals surface area contributed by atoms with Crippen LogP contribution in [0.15, 0.2) is 42.5 Å². The Labute approximate surface area is 98.7 Å². The molecule has 0 aliphatic rings. The van der Waals surface area contributed by atoms with E-state index in [9.17, 15) is 9.18 Å². The number of hydrogen-bond donors (Lipinski definition) is 0. The van der Waals surface area contributed by atoms with E-state index < -0.39 is 0 Å². The van der Waals surface area contributed by atoms with E-state index in [0.717, 1.165) is 11.8 Å². The van der Waals surface area contributed by atoms with E-state index in [0.29, 0.717) is 16.9 Å². The minimum atomic E-state index is -0.344. The zero-order valence-electron chi connectivity index (χ0n) is 9.31. The summed E-state index contributed by atoms with van der Waals surface area (Å²) in [6, 6.07) is 11.4. The molecule has 3 heteroatoms. The van der Waals surface area contributed by atoms with Crippen molar-refractivity contribution in [1.29, 1.82) is 0 Å². The van der Waals surface area contributed by atoms with Crippen LogP contribution in [0.2, 0.25) is 0 Å². The number of hydrogen-bond acceptors (Lipinski definition) is 2. The Morgan fingerprint density at radius 1 is 1.12 bits per heavy atom. The first-order chi connectivity index (χ1) is 8.24. The van der Waals surface area contributed by atoms with Gasteiger partial charge in [0.1, 0.15) is 17.9 Å². The summed E-state index contributed by atoms with van der Waals surface area (Å²) in [6.07, 6.45) is 0.758. The van der Waals surface area contributed by atoms with Crippen LogP contribution in [0.3, 0.4) is 0 Å². The highest BCUT2D eigenvalue weighted by atomic mass is 19.1. The van der Waals surface area contributed by atoms with E-state index >= 15 is 0 Å². The predicted molar refractivity (Wildman–Crippen MR) is 63.8 cm³/mol. The Morgan fingerprint density at radius 2 is 1.82 bits per heavy atom. The number of aldehydes is 1. The first-order valence-electron chi connectivity index (χ1n) is 5.14. The van der Waals surface area contributed by atoms with Crippen LogP contribution in [0.5, 0.6) is 5.75 Å². The van der Waals surface area contributed by atoms with Crippen LogP contribution in [0, 0.1) is 5.82 Å². The zero-order chi connectivity index (χ0) is 12.3. The molecule has 0 fully saturated rings. The van der Waals surface area contributed by atoms with E-state index in [4.69, 9.17) is 4.74 Å². The van der Waals surface area contributed by atoms with Crippen molar-refractivity contribution in [3.05, 3.63) is 53.8 Å². The number of benzene rings is 2. The van der Waals surface area contributed by atoms with Crippen molar-refractivity contribution in [3.63, 3.8) is 0 Å². The van der Waals surface area contributed by atoms with Crippen molar-refractivity contribution in [2.45, 2.75) is 0 Å². The molecule has 0 N–H and O–H groups in total. The van der Waals surface area contributed by atoms with Crippen LogP contribution in [0.4, 0.5) is 4.39 Å². The summed E-state index contributed by atoms with van der Waals surface area (Å²) in [6.45, 7) is 0. The molecule has 0 radical (unpaired) electrons. The molecule has 2 aromatic rings. The van der Waals surface area contributed by atoms with Gasteiger partial charge in [0.2, 0.25) is 0 Å². The SMILES string of the molecule is COc1ccc(-c2ccc(C=O)cc2)c(F)c1. The molecule has 2 nitrogen and oxygen atoms in total. The largest absolute Gasteiger partial charge is 0.497 e. The monoisotopic (exact) mass is 230 g/mol. The third-order valence-electron chi connectivity index (χ3n) is 2.53. The van der Waals surface area contributed by atoms with E-state index in [1.165, 1.54) is 13.2 Å². The zero-order valence-corrected chi connectivity index (χ0v) is 9.31. The van der Waals surface area contributed by atoms with Crippen molar-refractivity contribution < 1.29 is 13.9 Å². The van der Waals surface area contributed by atoms with Gasteiger partial charge in [-0.1, -0.05) is 24.3 Å². The number of halogens is 1. The van der Waals surface area contributed by atoms with Gasteiger partial charge in [0.15, 0.2) is 0 Å². The molecule has 17 heavy (non-hydrogen) atoms. The molecular weight excluding hydrogens is 219 g/mol. The lowest BCUT2D eigenvalue weighted by Crippen LogP contribution is -1.88. The van der Waals surface area contributed by atoms with Crippen LogP contribution in [-0.4, -0.2) is 13.4 Å². The molecule has 86 valence electrons. The van der Waals surface area contributed by atoms with Gasteiger partial charge in [-0.2, -0.15) is 0 Å². The van der Waals surface area contributed by atoms with Gasteiger partial charge in [-0.05, 0) is 17.7 Å². The first-order valence-corrected chi connectivity index (χ1v) is 5.14. The third kappa shape index (κ3) is 2.33. The minimum Gasteiger partial charge on any atom is -0.497 e. The number of carbonyl (C=O) groups is 1. The van der Waals surface area contributed by atoms with Crippen molar-refractivity contribution >= 4 is 6.29 Å². The Bertz CT molecular complexity index is 532. The lowest BCUT2D eigenvalue weighted by molar-refractivity contribution is 0.112. The summed E-state index contributed by atoms with van der Waals surface area (Å²) in [5.74, 6) is 0.138. The Hall–Kier alpha value is -2.16. The van der Waals surface area contributed by atoms with Gasteiger partial charge >= 0.3 is 0 Å². The second-order valence-corrected chi connectivity index (χ2v) is 3.59. The quantitative estimate of drug-likeness (QED) is 0.756. The number of ether oxygens (including phenoxy) is 1. The summed E-state index contributed by atoms with van der Waals surface area (Å²) in [5, 5.41) is 0. The summed E-state index contributed by atoms with van der Waals surface area (Å²) in [4.78, 5) is 10.5. The molecular formula is C14H11FO2. The van der Waals surface area contributed by atoms with E-state index in [1.807, 2.05) is 0 Å². The van der Waals surface area contributed by atoms with Gasteiger partial charge < -0.3 is 4.74 Å². The van der Waals surface area contributed by atoms with Crippen LogP contribution in [0.1, 0.15) is 10.4 Å². The van der Waals surface area contributed by atoms with Gasteiger partial charge in [0, 0.05) is 17.2 Å². The summed E-state index contributed by atoms with van der Waals surface area (Å²) < 4.78 is 18.7. The standard InChI is InChI=1S/C14H11FO2/c1-17-12-6-7-13(14(15)8-12)11-4-2-10(9-16)3-5-11/h2-9H,1H3. The van der Waals surface area contributed by atoms with Gasteiger partial charge in [0.25, 0.3) is 0 Å². The van der Waals surface area contributed by atoms with Crippen LogP contribution in [0.25, 0.3) is 11.1 Å². The predicted octanol–water partition coefficient (Wildman–Crippen LogP) is 3.31. The summed E-state index contributed by atoms with van der Waals surface area (Å²) >= 11 is 0. The molecule has 2 aromatic carbocycles. The number of rotatable bonds is 3. The molecule has 0 atom stereocenters. The van der Waals surface area contributed by atoms with Crippen molar-refractivity contribution in [3.8, 4) is 16.9 Å². The van der Waals surface area contributed by atoms with Crippen LogP contribution < -0.4 is 4.74 Å². The average Bonchev–Trinajstić information content (AvgIpc) is 2.39. The molecule has 0 aliphatic heterocycles. The second kappa shape index (κ2) is 4.78. The fourth-order valence-corrected chi connectivity index (χ4v) is 1.60.